The topological polar surface area (TPSA) is 19.0 Å². The summed E-state index contributed by atoms with van der Waals surface area (Å²) in [6, 6.07) is 8.24. The van der Waals surface area contributed by atoms with Crippen LogP contribution >= 0.6 is 11.6 Å². The van der Waals surface area contributed by atoms with Crippen LogP contribution in [0.15, 0.2) is 24.3 Å². The Balaban J connectivity index is 2.01. The molecule has 2 heterocycles. The van der Waals surface area contributed by atoms with Crippen molar-refractivity contribution in [1.29, 1.82) is 0 Å². The first-order valence-corrected chi connectivity index (χ1v) is 6.75. The molecule has 2 nitrogen and oxygen atoms in total. The van der Waals surface area contributed by atoms with Crippen LogP contribution < -0.4 is 4.90 Å². The summed E-state index contributed by atoms with van der Waals surface area (Å²) in [5.74, 6) is 1.11. The Kier molecular flexibility index (Phi) is 2.98. The van der Waals surface area contributed by atoms with E-state index in [1.807, 2.05) is 12.1 Å². The van der Waals surface area contributed by atoms with E-state index in [1.54, 1.807) is 0 Å². The first-order valence-electron chi connectivity index (χ1n) is 6.37. The maximum atomic E-state index is 6.47. The van der Waals surface area contributed by atoms with E-state index < -0.39 is 0 Å². The van der Waals surface area contributed by atoms with Crippen molar-refractivity contribution in [1.82, 2.24) is 4.98 Å². The predicted molar refractivity (Wildman–Crippen MR) is 74.0 cm³/mol. The van der Waals surface area contributed by atoms with Gasteiger partial charge in [0.1, 0.15) is 5.82 Å². The summed E-state index contributed by atoms with van der Waals surface area (Å²) >= 11 is 6.47. The van der Waals surface area contributed by atoms with Crippen LogP contribution in [0.4, 0.5) is 5.82 Å². The molecule has 1 aliphatic rings. The molecule has 0 amide bonds. The summed E-state index contributed by atoms with van der Waals surface area (Å²) in [5, 5.41) is 2.01. The number of H-pyrrole nitrogens is 1. The Morgan fingerprint density at radius 3 is 2.41 bits per heavy atom. The zero-order chi connectivity index (χ0) is 11.7. The fourth-order valence-corrected chi connectivity index (χ4v) is 2.94. The molecule has 0 spiro atoms. The fraction of sp³-hybridized carbons (Fsp3) is 0.429. The lowest BCUT2D eigenvalue weighted by molar-refractivity contribution is 0.726. The number of rotatable bonds is 1. The second-order valence-corrected chi connectivity index (χ2v) is 5.11. The standard InChI is InChI=1S/C14H17ClN2/c15-13-11-7-3-4-8-12(11)16-14(13)17-9-5-1-2-6-10-17/h3-4,7-8,16H,1-2,5-6,9-10H2. The predicted octanol–water partition coefficient (Wildman–Crippen LogP) is 4.20. The molecule has 1 saturated heterocycles. The molecule has 3 rings (SSSR count). The normalized spacial score (nSPS) is 17.4. The number of benzene rings is 1. The molecule has 0 bridgehead atoms. The van der Waals surface area contributed by atoms with Crippen LogP contribution in [0.25, 0.3) is 10.9 Å². The monoisotopic (exact) mass is 248 g/mol. The van der Waals surface area contributed by atoms with Crippen molar-refractivity contribution in [2.75, 3.05) is 18.0 Å². The number of halogens is 1. The van der Waals surface area contributed by atoms with Gasteiger partial charge in [-0.15, -0.1) is 0 Å². The molecule has 1 fully saturated rings. The first kappa shape index (κ1) is 11.0. The highest BCUT2D eigenvalue weighted by atomic mass is 35.5. The van der Waals surface area contributed by atoms with Crippen LogP contribution in [0.3, 0.4) is 0 Å². The molecule has 1 aliphatic heterocycles. The number of fused-ring (bicyclic) bond motifs is 1. The molecule has 1 aromatic carbocycles. The Hall–Kier alpha value is -1.15. The molecule has 17 heavy (non-hydrogen) atoms. The number of hydrogen-bond acceptors (Lipinski definition) is 1. The van der Waals surface area contributed by atoms with Crippen LogP contribution in [0.2, 0.25) is 5.02 Å². The summed E-state index contributed by atoms with van der Waals surface area (Å²) < 4.78 is 0. The van der Waals surface area contributed by atoms with Gasteiger partial charge >= 0.3 is 0 Å². The summed E-state index contributed by atoms with van der Waals surface area (Å²) in [6.07, 6.45) is 5.22. The summed E-state index contributed by atoms with van der Waals surface area (Å²) in [6.45, 7) is 2.24. The molecule has 0 saturated carbocycles. The quantitative estimate of drug-likeness (QED) is 0.801. The van der Waals surface area contributed by atoms with Gasteiger partial charge in [0.25, 0.3) is 0 Å². The van der Waals surface area contributed by atoms with E-state index in [0.29, 0.717) is 0 Å². The highest BCUT2D eigenvalue weighted by Gasteiger charge is 2.16. The summed E-state index contributed by atoms with van der Waals surface area (Å²) in [4.78, 5) is 5.85. The minimum Gasteiger partial charge on any atom is -0.357 e. The number of hydrogen-bond donors (Lipinski definition) is 1. The SMILES string of the molecule is Clc1c(N2CCCCCC2)[nH]c2ccccc12. The Labute approximate surface area is 107 Å². The Morgan fingerprint density at radius 1 is 1.00 bits per heavy atom. The highest BCUT2D eigenvalue weighted by Crippen LogP contribution is 2.34. The lowest BCUT2D eigenvalue weighted by atomic mass is 10.2. The lowest BCUT2D eigenvalue weighted by Crippen LogP contribution is -2.24. The molecule has 1 aromatic heterocycles. The van der Waals surface area contributed by atoms with Crippen molar-refractivity contribution in [3.63, 3.8) is 0 Å². The number of aromatic amines is 1. The van der Waals surface area contributed by atoms with Gasteiger partial charge in [0, 0.05) is 24.0 Å². The zero-order valence-electron chi connectivity index (χ0n) is 9.88. The van der Waals surface area contributed by atoms with Crippen molar-refractivity contribution in [2.24, 2.45) is 0 Å². The van der Waals surface area contributed by atoms with Gasteiger partial charge in [0.2, 0.25) is 0 Å². The van der Waals surface area contributed by atoms with Gasteiger partial charge in [-0.2, -0.15) is 0 Å². The van der Waals surface area contributed by atoms with Gasteiger partial charge in [0.05, 0.1) is 5.02 Å². The highest BCUT2D eigenvalue weighted by molar-refractivity contribution is 6.38. The van der Waals surface area contributed by atoms with Crippen molar-refractivity contribution in [3.8, 4) is 0 Å². The van der Waals surface area contributed by atoms with Gasteiger partial charge in [-0.1, -0.05) is 42.6 Å². The minimum absolute atomic E-state index is 0.877. The summed E-state index contributed by atoms with van der Waals surface area (Å²) in [7, 11) is 0. The van der Waals surface area contributed by atoms with Gasteiger partial charge in [0.15, 0.2) is 0 Å². The Morgan fingerprint density at radius 2 is 1.71 bits per heavy atom. The lowest BCUT2D eigenvalue weighted by Gasteiger charge is -2.21. The van der Waals surface area contributed by atoms with Crippen molar-refractivity contribution in [2.45, 2.75) is 25.7 Å². The average Bonchev–Trinajstić information content (AvgIpc) is 2.57. The fourth-order valence-electron chi connectivity index (χ4n) is 2.61. The summed E-state index contributed by atoms with van der Waals surface area (Å²) in [5.41, 5.74) is 1.14. The maximum absolute atomic E-state index is 6.47. The zero-order valence-corrected chi connectivity index (χ0v) is 10.6. The number of nitrogens with one attached hydrogen (secondary N) is 1. The molecule has 0 unspecified atom stereocenters. The average molecular weight is 249 g/mol. The molecule has 3 heteroatoms. The molecule has 0 aliphatic carbocycles. The second-order valence-electron chi connectivity index (χ2n) is 4.73. The van der Waals surface area contributed by atoms with Crippen LogP contribution in [0.1, 0.15) is 25.7 Å². The Bertz CT molecular complexity index is 510. The van der Waals surface area contributed by atoms with Crippen molar-refractivity contribution < 1.29 is 0 Å². The second kappa shape index (κ2) is 4.61. The van der Waals surface area contributed by atoms with E-state index in [1.165, 1.54) is 25.7 Å². The van der Waals surface area contributed by atoms with Crippen LogP contribution in [-0.2, 0) is 0 Å². The third-order valence-electron chi connectivity index (χ3n) is 3.55. The van der Waals surface area contributed by atoms with E-state index >= 15 is 0 Å². The first-order chi connectivity index (χ1) is 8.36. The van der Waals surface area contributed by atoms with Crippen LogP contribution in [0.5, 0.6) is 0 Å². The minimum atomic E-state index is 0.877. The number of aromatic nitrogens is 1. The van der Waals surface area contributed by atoms with Gasteiger partial charge in [-0.25, -0.2) is 0 Å². The molecule has 1 N–H and O–H groups in total. The van der Waals surface area contributed by atoms with Crippen LogP contribution in [-0.4, -0.2) is 18.1 Å². The third-order valence-corrected chi connectivity index (χ3v) is 3.93. The van der Waals surface area contributed by atoms with E-state index in [2.05, 4.69) is 22.0 Å². The molecular formula is C14H17ClN2. The van der Waals surface area contributed by atoms with Crippen molar-refractivity contribution >= 4 is 28.3 Å². The van der Waals surface area contributed by atoms with Crippen molar-refractivity contribution in [3.05, 3.63) is 29.3 Å². The smallest absolute Gasteiger partial charge is 0.126 e. The van der Waals surface area contributed by atoms with E-state index in [-0.39, 0.29) is 0 Å². The van der Waals surface area contributed by atoms with Gasteiger partial charge in [-0.05, 0) is 18.9 Å². The maximum Gasteiger partial charge on any atom is 0.126 e. The van der Waals surface area contributed by atoms with Gasteiger partial charge in [-0.3, -0.25) is 0 Å². The van der Waals surface area contributed by atoms with Gasteiger partial charge < -0.3 is 9.88 Å². The molecule has 2 aromatic rings. The third kappa shape index (κ3) is 2.02. The molecule has 90 valence electrons. The molecular weight excluding hydrogens is 232 g/mol. The number of nitrogens with zero attached hydrogens (tertiary/aromatic N) is 1. The number of anilines is 1. The van der Waals surface area contributed by atoms with E-state index in [0.717, 1.165) is 34.8 Å². The number of para-hydroxylation sites is 1. The van der Waals surface area contributed by atoms with E-state index in [9.17, 15) is 0 Å². The van der Waals surface area contributed by atoms with Crippen LogP contribution in [0, 0.1) is 0 Å². The van der Waals surface area contributed by atoms with E-state index in [4.69, 9.17) is 11.6 Å². The molecule has 0 atom stereocenters. The molecule has 0 radical (unpaired) electrons. The largest absolute Gasteiger partial charge is 0.357 e.